The molecular weight excluding hydrogens is 273 g/mol. The first kappa shape index (κ1) is 15.1. The highest BCUT2D eigenvalue weighted by Gasteiger charge is 2.14. The third-order valence-electron chi connectivity index (χ3n) is 3.05. The lowest BCUT2D eigenvalue weighted by Gasteiger charge is -2.15. The highest BCUT2D eigenvalue weighted by Crippen LogP contribution is 2.38. The second-order valence-corrected chi connectivity index (χ2v) is 4.45. The third-order valence-corrected chi connectivity index (χ3v) is 3.05. The molecule has 0 fully saturated rings. The molecule has 0 unspecified atom stereocenters. The number of ether oxygens (including phenoxy) is 3. The maximum atomic E-state index is 12.9. The first-order valence-corrected chi connectivity index (χ1v) is 6.50. The van der Waals surface area contributed by atoms with E-state index in [-0.39, 0.29) is 12.4 Å². The van der Waals surface area contributed by atoms with Gasteiger partial charge in [0.2, 0.25) is 5.75 Å². The summed E-state index contributed by atoms with van der Waals surface area (Å²) in [5, 5.41) is 0. The van der Waals surface area contributed by atoms with Crippen LogP contribution in [0.4, 0.5) is 4.39 Å². The molecule has 112 valence electrons. The lowest BCUT2D eigenvalue weighted by Crippen LogP contribution is -2.03. The van der Waals surface area contributed by atoms with Crippen molar-refractivity contribution in [1.29, 1.82) is 0 Å². The van der Waals surface area contributed by atoms with Crippen molar-refractivity contribution in [2.24, 2.45) is 5.73 Å². The molecule has 0 saturated heterocycles. The smallest absolute Gasteiger partial charge is 0.203 e. The summed E-state index contributed by atoms with van der Waals surface area (Å²) in [6.07, 6.45) is 0. The van der Waals surface area contributed by atoms with E-state index in [4.69, 9.17) is 19.9 Å². The van der Waals surface area contributed by atoms with Crippen molar-refractivity contribution in [2.45, 2.75) is 13.2 Å². The van der Waals surface area contributed by atoms with Gasteiger partial charge in [-0.15, -0.1) is 0 Å². The molecule has 2 N–H and O–H groups in total. The fraction of sp³-hybridized carbons (Fsp3) is 0.250. The summed E-state index contributed by atoms with van der Waals surface area (Å²) < 4.78 is 29.3. The highest BCUT2D eigenvalue weighted by atomic mass is 19.1. The molecule has 0 radical (unpaired) electrons. The Morgan fingerprint density at radius 2 is 1.52 bits per heavy atom. The van der Waals surface area contributed by atoms with Crippen LogP contribution in [0.2, 0.25) is 0 Å². The Balaban J connectivity index is 2.23. The SMILES string of the molecule is COc1cc(CN)cc(OC)c1OCc1ccc(F)cc1. The standard InChI is InChI=1S/C16H18FNO3/c1-19-14-7-12(9-18)8-15(20-2)16(14)21-10-11-3-5-13(17)6-4-11/h3-8H,9-10,18H2,1-2H3. The van der Waals surface area contributed by atoms with E-state index in [2.05, 4.69) is 0 Å². The van der Waals surface area contributed by atoms with Crippen molar-refractivity contribution in [3.8, 4) is 17.2 Å². The van der Waals surface area contributed by atoms with Crippen LogP contribution in [-0.4, -0.2) is 14.2 Å². The number of methoxy groups -OCH3 is 2. The van der Waals surface area contributed by atoms with Crippen LogP contribution < -0.4 is 19.9 Å². The second-order valence-electron chi connectivity index (χ2n) is 4.45. The Morgan fingerprint density at radius 1 is 0.952 bits per heavy atom. The van der Waals surface area contributed by atoms with E-state index >= 15 is 0 Å². The van der Waals surface area contributed by atoms with Crippen molar-refractivity contribution in [2.75, 3.05) is 14.2 Å². The molecule has 0 spiro atoms. The largest absolute Gasteiger partial charge is 0.493 e. The minimum atomic E-state index is -0.277. The molecule has 0 aliphatic heterocycles. The van der Waals surface area contributed by atoms with Crippen LogP contribution in [0.1, 0.15) is 11.1 Å². The summed E-state index contributed by atoms with van der Waals surface area (Å²) in [6.45, 7) is 0.667. The van der Waals surface area contributed by atoms with Gasteiger partial charge in [0, 0.05) is 6.54 Å². The van der Waals surface area contributed by atoms with Gasteiger partial charge in [-0.05, 0) is 35.4 Å². The molecule has 0 aliphatic carbocycles. The summed E-state index contributed by atoms with van der Waals surface area (Å²) in [6, 6.07) is 9.74. The van der Waals surface area contributed by atoms with Gasteiger partial charge in [-0.25, -0.2) is 4.39 Å². The molecule has 2 aromatic carbocycles. The van der Waals surface area contributed by atoms with E-state index in [0.717, 1.165) is 11.1 Å². The molecular formula is C16H18FNO3. The first-order valence-electron chi connectivity index (χ1n) is 6.50. The number of nitrogens with two attached hydrogens (primary N) is 1. The van der Waals surface area contributed by atoms with E-state index in [1.54, 1.807) is 26.4 Å². The number of hydrogen-bond acceptors (Lipinski definition) is 4. The van der Waals surface area contributed by atoms with E-state index in [1.165, 1.54) is 12.1 Å². The number of rotatable bonds is 6. The van der Waals surface area contributed by atoms with Gasteiger partial charge < -0.3 is 19.9 Å². The van der Waals surface area contributed by atoms with Crippen LogP contribution in [0.25, 0.3) is 0 Å². The maximum Gasteiger partial charge on any atom is 0.203 e. The lowest BCUT2D eigenvalue weighted by atomic mass is 10.2. The van der Waals surface area contributed by atoms with Gasteiger partial charge in [0.05, 0.1) is 14.2 Å². The number of benzene rings is 2. The summed E-state index contributed by atoms with van der Waals surface area (Å²) in [4.78, 5) is 0. The first-order chi connectivity index (χ1) is 10.2. The van der Waals surface area contributed by atoms with E-state index in [9.17, 15) is 4.39 Å². The molecule has 0 aliphatic rings. The highest BCUT2D eigenvalue weighted by molar-refractivity contribution is 5.53. The van der Waals surface area contributed by atoms with Gasteiger partial charge in [-0.3, -0.25) is 0 Å². The lowest BCUT2D eigenvalue weighted by molar-refractivity contribution is 0.265. The van der Waals surface area contributed by atoms with Crippen molar-refractivity contribution >= 4 is 0 Å². The number of hydrogen-bond donors (Lipinski definition) is 1. The molecule has 2 aromatic rings. The minimum absolute atomic E-state index is 0.277. The predicted octanol–water partition coefficient (Wildman–Crippen LogP) is 2.88. The fourth-order valence-electron chi connectivity index (χ4n) is 1.93. The fourth-order valence-corrected chi connectivity index (χ4v) is 1.93. The molecule has 21 heavy (non-hydrogen) atoms. The average Bonchev–Trinajstić information content (AvgIpc) is 2.53. The quantitative estimate of drug-likeness (QED) is 0.889. The summed E-state index contributed by atoms with van der Waals surface area (Å²) in [5.41, 5.74) is 7.38. The zero-order valence-corrected chi connectivity index (χ0v) is 12.1. The molecule has 0 atom stereocenters. The zero-order chi connectivity index (χ0) is 15.2. The Morgan fingerprint density at radius 3 is 2.00 bits per heavy atom. The Bertz CT molecular complexity index is 574. The van der Waals surface area contributed by atoms with Gasteiger partial charge in [0.25, 0.3) is 0 Å². The van der Waals surface area contributed by atoms with E-state index in [1.807, 2.05) is 12.1 Å². The molecule has 0 bridgehead atoms. The summed E-state index contributed by atoms with van der Waals surface area (Å²) in [5.74, 6) is 1.33. The minimum Gasteiger partial charge on any atom is -0.493 e. The van der Waals surface area contributed by atoms with Crippen LogP contribution in [0, 0.1) is 5.82 Å². The molecule has 0 amide bonds. The van der Waals surface area contributed by atoms with E-state index < -0.39 is 0 Å². The molecule has 0 heterocycles. The molecule has 0 aromatic heterocycles. The normalized spacial score (nSPS) is 10.3. The van der Waals surface area contributed by atoms with Crippen LogP contribution in [0.15, 0.2) is 36.4 Å². The zero-order valence-electron chi connectivity index (χ0n) is 12.1. The predicted molar refractivity (Wildman–Crippen MR) is 78.2 cm³/mol. The van der Waals surface area contributed by atoms with Crippen LogP contribution >= 0.6 is 0 Å². The molecule has 5 heteroatoms. The monoisotopic (exact) mass is 291 g/mol. The average molecular weight is 291 g/mol. The van der Waals surface area contributed by atoms with Crippen molar-refractivity contribution in [1.82, 2.24) is 0 Å². The van der Waals surface area contributed by atoms with Crippen LogP contribution in [0.3, 0.4) is 0 Å². The Hall–Kier alpha value is -2.27. The van der Waals surface area contributed by atoms with Gasteiger partial charge in [-0.2, -0.15) is 0 Å². The van der Waals surface area contributed by atoms with Gasteiger partial charge in [-0.1, -0.05) is 12.1 Å². The Labute approximate surface area is 123 Å². The van der Waals surface area contributed by atoms with E-state index in [0.29, 0.717) is 23.8 Å². The Kier molecular flexibility index (Phi) is 5.00. The van der Waals surface area contributed by atoms with Crippen molar-refractivity contribution in [3.05, 3.63) is 53.3 Å². The van der Waals surface area contributed by atoms with Gasteiger partial charge in [0.1, 0.15) is 12.4 Å². The molecule has 0 saturated carbocycles. The summed E-state index contributed by atoms with van der Waals surface area (Å²) >= 11 is 0. The van der Waals surface area contributed by atoms with Gasteiger partial charge >= 0.3 is 0 Å². The summed E-state index contributed by atoms with van der Waals surface area (Å²) in [7, 11) is 3.11. The molecule has 4 nitrogen and oxygen atoms in total. The van der Waals surface area contributed by atoms with Gasteiger partial charge in [0.15, 0.2) is 11.5 Å². The second kappa shape index (κ2) is 6.95. The maximum absolute atomic E-state index is 12.9. The number of halogens is 1. The molecule has 2 rings (SSSR count). The topological polar surface area (TPSA) is 53.7 Å². The third kappa shape index (κ3) is 3.64. The van der Waals surface area contributed by atoms with Crippen molar-refractivity contribution < 1.29 is 18.6 Å². The van der Waals surface area contributed by atoms with Crippen LogP contribution in [-0.2, 0) is 13.2 Å². The van der Waals surface area contributed by atoms with Crippen LogP contribution in [0.5, 0.6) is 17.2 Å². The van der Waals surface area contributed by atoms with Crippen molar-refractivity contribution in [3.63, 3.8) is 0 Å².